The molecule has 0 bridgehead atoms. The summed E-state index contributed by atoms with van der Waals surface area (Å²) in [6, 6.07) is 1.01. The molecule has 0 radical (unpaired) electrons. The normalized spacial score (nSPS) is 14.5. The first-order valence-corrected chi connectivity index (χ1v) is 10.2. The van der Waals surface area contributed by atoms with Crippen LogP contribution in [0.15, 0.2) is 23.1 Å². The van der Waals surface area contributed by atoms with E-state index >= 15 is 0 Å². The molecule has 31 heavy (non-hydrogen) atoms. The van der Waals surface area contributed by atoms with Crippen molar-refractivity contribution in [1.82, 2.24) is 14.9 Å². The van der Waals surface area contributed by atoms with Gasteiger partial charge in [0.15, 0.2) is 0 Å². The molecule has 0 aliphatic carbocycles. The lowest BCUT2D eigenvalue weighted by Gasteiger charge is -2.35. The number of H-pyrrole nitrogens is 1. The number of hydrogen-bond donors (Lipinski definition) is 4. The number of unbranched alkanes of at least 4 members (excludes halogenated alkanes) is 1. The van der Waals surface area contributed by atoms with Gasteiger partial charge in [-0.05, 0) is 44.5 Å². The van der Waals surface area contributed by atoms with E-state index in [4.69, 9.17) is 5.73 Å². The van der Waals surface area contributed by atoms with Crippen LogP contribution in [-0.2, 0) is 0 Å². The van der Waals surface area contributed by atoms with Gasteiger partial charge in [-0.3, -0.25) is 20.0 Å². The molecule has 1 aromatic carbocycles. The van der Waals surface area contributed by atoms with Crippen LogP contribution < -0.4 is 26.8 Å². The number of aryl methyl sites for hydroxylation is 1. The molecule has 168 valence electrons. The number of nitrogens with two attached hydrogens (primary N) is 1. The minimum absolute atomic E-state index is 0.0975. The van der Waals surface area contributed by atoms with E-state index in [1.54, 1.807) is 0 Å². The summed E-state index contributed by atoms with van der Waals surface area (Å²) in [6.07, 6.45) is 3.45. The van der Waals surface area contributed by atoms with Gasteiger partial charge in [-0.2, -0.15) is 0 Å². The van der Waals surface area contributed by atoms with E-state index in [9.17, 15) is 18.4 Å². The average molecular weight is 435 g/mol. The smallest absolute Gasteiger partial charge is 0.326 e. The molecule has 1 aliphatic rings. The Morgan fingerprint density at radius 1 is 1.16 bits per heavy atom. The van der Waals surface area contributed by atoms with Gasteiger partial charge in [-0.1, -0.05) is 0 Å². The standard InChI is InChI=1S/C20H27F2N7O2/c1-13-10-15(22)16(11-14(13)21)25-20(31)27-19-24-12-17(18(30)26-19)29-8-6-28(7-9-29)5-3-2-4-23/h10-12H,2-9,23H2,1H3,(H3,24,25,26,27,30,31). The van der Waals surface area contributed by atoms with Crippen LogP contribution in [0.5, 0.6) is 0 Å². The summed E-state index contributed by atoms with van der Waals surface area (Å²) in [6.45, 7) is 6.16. The largest absolute Gasteiger partial charge is 0.363 e. The fourth-order valence-electron chi connectivity index (χ4n) is 3.37. The van der Waals surface area contributed by atoms with Crippen LogP contribution in [0.25, 0.3) is 0 Å². The van der Waals surface area contributed by atoms with E-state index in [1.807, 2.05) is 4.90 Å². The van der Waals surface area contributed by atoms with E-state index in [1.165, 1.54) is 13.1 Å². The Balaban J connectivity index is 1.57. The van der Waals surface area contributed by atoms with E-state index in [0.29, 0.717) is 25.3 Å². The molecule has 1 aliphatic heterocycles. The highest BCUT2D eigenvalue weighted by atomic mass is 19.1. The fourth-order valence-corrected chi connectivity index (χ4v) is 3.37. The number of nitrogens with one attached hydrogen (secondary N) is 3. The van der Waals surface area contributed by atoms with Gasteiger partial charge in [-0.15, -0.1) is 0 Å². The molecule has 0 unspecified atom stereocenters. The first-order chi connectivity index (χ1) is 14.9. The SMILES string of the molecule is Cc1cc(F)c(NC(=O)Nc2ncc(N3CCN(CCCCN)CC3)c(=O)[nH]2)cc1F. The van der Waals surface area contributed by atoms with Crippen molar-refractivity contribution < 1.29 is 13.6 Å². The van der Waals surface area contributed by atoms with Gasteiger partial charge in [0.05, 0.1) is 11.9 Å². The third kappa shape index (κ3) is 5.98. The number of carbonyl (C=O) groups excluding carboxylic acids is 1. The van der Waals surface area contributed by atoms with Crippen LogP contribution in [0.4, 0.5) is 30.9 Å². The van der Waals surface area contributed by atoms with Gasteiger partial charge in [0, 0.05) is 32.2 Å². The summed E-state index contributed by atoms with van der Waals surface area (Å²) in [5, 5.41) is 4.51. The van der Waals surface area contributed by atoms with Gasteiger partial charge in [0.25, 0.3) is 5.56 Å². The Labute approximate surface area is 178 Å². The summed E-state index contributed by atoms with van der Waals surface area (Å²) in [5.74, 6) is -1.51. The Kier molecular flexibility index (Phi) is 7.53. The number of hydrogen-bond acceptors (Lipinski definition) is 6. The van der Waals surface area contributed by atoms with Gasteiger partial charge < -0.3 is 16.0 Å². The number of urea groups is 1. The van der Waals surface area contributed by atoms with Crippen molar-refractivity contribution in [2.45, 2.75) is 19.8 Å². The Morgan fingerprint density at radius 3 is 2.58 bits per heavy atom. The minimum atomic E-state index is -0.857. The van der Waals surface area contributed by atoms with Crippen LogP contribution in [0.2, 0.25) is 0 Å². The third-order valence-corrected chi connectivity index (χ3v) is 5.15. The molecule has 2 amide bonds. The number of benzene rings is 1. The molecule has 9 nitrogen and oxygen atoms in total. The Morgan fingerprint density at radius 2 is 1.90 bits per heavy atom. The van der Waals surface area contributed by atoms with Crippen molar-refractivity contribution in [2.24, 2.45) is 5.73 Å². The van der Waals surface area contributed by atoms with Gasteiger partial charge in [0.1, 0.15) is 17.3 Å². The minimum Gasteiger partial charge on any atom is -0.363 e. The predicted molar refractivity (Wildman–Crippen MR) is 116 cm³/mol. The first kappa shape index (κ1) is 22.6. The van der Waals surface area contributed by atoms with E-state index < -0.39 is 23.2 Å². The number of aromatic amines is 1. The van der Waals surface area contributed by atoms with Crippen molar-refractivity contribution in [2.75, 3.05) is 54.8 Å². The van der Waals surface area contributed by atoms with Crippen molar-refractivity contribution in [3.8, 4) is 0 Å². The van der Waals surface area contributed by atoms with Crippen LogP contribution in [0, 0.1) is 18.6 Å². The van der Waals surface area contributed by atoms with Gasteiger partial charge >= 0.3 is 6.03 Å². The molecular weight excluding hydrogens is 408 g/mol. The lowest BCUT2D eigenvalue weighted by atomic mass is 10.2. The molecule has 0 atom stereocenters. The van der Waals surface area contributed by atoms with Crippen LogP contribution >= 0.6 is 0 Å². The van der Waals surface area contributed by atoms with Crippen LogP contribution in [0.1, 0.15) is 18.4 Å². The summed E-state index contributed by atoms with van der Waals surface area (Å²) < 4.78 is 27.5. The van der Waals surface area contributed by atoms with Crippen molar-refractivity contribution >= 4 is 23.4 Å². The highest BCUT2D eigenvalue weighted by Gasteiger charge is 2.20. The number of carbonyl (C=O) groups is 1. The summed E-state index contributed by atoms with van der Waals surface area (Å²) in [4.78, 5) is 35.4. The van der Waals surface area contributed by atoms with Crippen molar-refractivity contribution in [3.63, 3.8) is 0 Å². The Hall–Kier alpha value is -3.05. The number of aromatic nitrogens is 2. The molecule has 11 heteroatoms. The fraction of sp³-hybridized carbons (Fsp3) is 0.450. The third-order valence-electron chi connectivity index (χ3n) is 5.15. The van der Waals surface area contributed by atoms with Crippen molar-refractivity contribution in [3.05, 3.63) is 45.9 Å². The number of halogens is 2. The van der Waals surface area contributed by atoms with Gasteiger partial charge in [-0.25, -0.2) is 18.6 Å². The van der Waals surface area contributed by atoms with Gasteiger partial charge in [0.2, 0.25) is 5.95 Å². The maximum atomic E-state index is 13.9. The first-order valence-electron chi connectivity index (χ1n) is 10.2. The number of amides is 2. The molecule has 0 spiro atoms. The molecule has 2 aromatic rings. The molecule has 3 rings (SSSR count). The zero-order chi connectivity index (χ0) is 22.4. The van der Waals surface area contributed by atoms with Crippen LogP contribution in [-0.4, -0.2) is 60.2 Å². The molecule has 5 N–H and O–H groups in total. The van der Waals surface area contributed by atoms with E-state index in [2.05, 4.69) is 25.5 Å². The topological polar surface area (TPSA) is 119 Å². The molecule has 1 saturated heterocycles. The number of rotatable bonds is 7. The van der Waals surface area contributed by atoms with Crippen molar-refractivity contribution in [1.29, 1.82) is 0 Å². The highest BCUT2D eigenvalue weighted by molar-refractivity contribution is 5.98. The molecule has 0 saturated carbocycles. The number of nitrogens with zero attached hydrogens (tertiary/aromatic N) is 3. The lowest BCUT2D eigenvalue weighted by Crippen LogP contribution is -2.48. The maximum absolute atomic E-state index is 13.9. The summed E-state index contributed by atoms with van der Waals surface area (Å²) >= 11 is 0. The quantitative estimate of drug-likeness (QED) is 0.493. The second kappa shape index (κ2) is 10.3. The molecule has 1 aromatic heterocycles. The maximum Gasteiger partial charge on any atom is 0.326 e. The molecule has 2 heterocycles. The zero-order valence-corrected chi connectivity index (χ0v) is 17.4. The second-order valence-corrected chi connectivity index (χ2v) is 7.43. The van der Waals surface area contributed by atoms with E-state index in [-0.39, 0.29) is 17.2 Å². The number of anilines is 3. The average Bonchev–Trinajstić information content (AvgIpc) is 2.73. The predicted octanol–water partition coefficient (Wildman–Crippen LogP) is 1.86. The lowest BCUT2D eigenvalue weighted by molar-refractivity contribution is 0.253. The zero-order valence-electron chi connectivity index (χ0n) is 17.4. The van der Waals surface area contributed by atoms with E-state index in [0.717, 1.165) is 44.6 Å². The summed E-state index contributed by atoms with van der Waals surface area (Å²) in [5.41, 5.74) is 5.36. The molecular formula is C20H27F2N7O2. The van der Waals surface area contributed by atoms with Crippen LogP contribution in [0.3, 0.4) is 0 Å². The monoisotopic (exact) mass is 435 g/mol. The Bertz CT molecular complexity index is 974. The molecule has 1 fully saturated rings. The highest BCUT2D eigenvalue weighted by Crippen LogP contribution is 2.19. The second-order valence-electron chi connectivity index (χ2n) is 7.43. The number of piperazine rings is 1. The summed E-state index contributed by atoms with van der Waals surface area (Å²) in [7, 11) is 0.